The molecule has 4 nitrogen and oxygen atoms in total. The molecule has 0 fully saturated rings. The van der Waals surface area contributed by atoms with Crippen LogP contribution in [-0.2, 0) is 0 Å². The number of rotatable bonds is 4. The summed E-state index contributed by atoms with van der Waals surface area (Å²) in [6.07, 6.45) is 2.06. The number of hydrogen-bond acceptors (Lipinski definition) is 3. The summed E-state index contributed by atoms with van der Waals surface area (Å²) in [6.45, 7) is 0. The maximum atomic E-state index is 10.9. The fraction of sp³-hybridized carbons (Fsp3) is 0.0625. The van der Waals surface area contributed by atoms with Crippen molar-refractivity contribution in [2.45, 2.75) is 6.29 Å². The smallest absolute Gasteiger partial charge is 0.335 e. The van der Waals surface area contributed by atoms with Crippen molar-refractivity contribution in [3.8, 4) is 0 Å². The summed E-state index contributed by atoms with van der Waals surface area (Å²) in [4.78, 5) is 10.9. The monoisotopic (exact) mass is 270 g/mol. The van der Waals surface area contributed by atoms with Gasteiger partial charge in [0.1, 0.15) is 0 Å². The molecular weight excluding hydrogens is 256 g/mol. The van der Waals surface area contributed by atoms with E-state index in [4.69, 9.17) is 15.3 Å². The van der Waals surface area contributed by atoms with E-state index in [2.05, 4.69) is 0 Å². The highest BCUT2D eigenvalue weighted by atomic mass is 16.5. The molecule has 2 rings (SSSR count). The van der Waals surface area contributed by atoms with Gasteiger partial charge in [0.15, 0.2) is 6.29 Å². The quantitative estimate of drug-likeness (QED) is 0.589. The lowest BCUT2D eigenvalue weighted by Gasteiger charge is -2.04. The number of aromatic carboxylic acids is 1. The largest absolute Gasteiger partial charge is 0.478 e. The molecule has 0 aliphatic heterocycles. The van der Waals surface area contributed by atoms with Crippen LogP contribution in [0.2, 0.25) is 0 Å². The standard InChI is InChI=1S/C16H14O4/c17-15(18)13-5-1-3-11(9-13)7-8-12-4-2-6-14(10-12)16(19)20/h1-10,15,17-18H,(H,19,20). The second kappa shape index (κ2) is 6.14. The van der Waals surface area contributed by atoms with Crippen LogP contribution in [0.25, 0.3) is 12.2 Å². The Morgan fingerprint density at radius 3 is 2.15 bits per heavy atom. The lowest BCUT2D eigenvalue weighted by molar-refractivity contribution is -0.0425. The van der Waals surface area contributed by atoms with Gasteiger partial charge in [-0.2, -0.15) is 0 Å². The van der Waals surface area contributed by atoms with Crippen LogP contribution in [0.4, 0.5) is 0 Å². The maximum Gasteiger partial charge on any atom is 0.335 e. The number of hydrogen-bond donors (Lipinski definition) is 3. The number of carboxylic acid groups (broad SMARTS) is 1. The fourth-order valence-electron chi connectivity index (χ4n) is 1.79. The van der Waals surface area contributed by atoms with Crippen LogP contribution in [0, 0.1) is 0 Å². The highest BCUT2D eigenvalue weighted by molar-refractivity contribution is 5.88. The average Bonchev–Trinajstić information content (AvgIpc) is 2.45. The van der Waals surface area contributed by atoms with Crippen LogP contribution < -0.4 is 0 Å². The van der Waals surface area contributed by atoms with Gasteiger partial charge in [0.05, 0.1) is 5.56 Å². The molecule has 2 aromatic carbocycles. The second-order valence-electron chi connectivity index (χ2n) is 4.31. The number of aliphatic hydroxyl groups is 2. The van der Waals surface area contributed by atoms with Gasteiger partial charge in [0.25, 0.3) is 0 Å². The Labute approximate surface area is 116 Å². The van der Waals surface area contributed by atoms with Crippen molar-refractivity contribution in [1.82, 2.24) is 0 Å². The minimum Gasteiger partial charge on any atom is -0.478 e. The highest BCUT2D eigenvalue weighted by Crippen LogP contribution is 2.15. The maximum absolute atomic E-state index is 10.9. The Kier molecular flexibility index (Phi) is 4.30. The van der Waals surface area contributed by atoms with Crippen LogP contribution in [-0.4, -0.2) is 21.3 Å². The molecule has 0 atom stereocenters. The molecule has 0 spiro atoms. The topological polar surface area (TPSA) is 77.8 Å². The van der Waals surface area contributed by atoms with Crippen LogP contribution in [0.3, 0.4) is 0 Å². The summed E-state index contributed by atoms with van der Waals surface area (Å²) < 4.78 is 0. The van der Waals surface area contributed by atoms with E-state index < -0.39 is 12.3 Å². The Hall–Kier alpha value is -2.43. The number of benzene rings is 2. The lowest BCUT2D eigenvalue weighted by atomic mass is 10.1. The zero-order chi connectivity index (χ0) is 14.5. The van der Waals surface area contributed by atoms with Gasteiger partial charge in [-0.15, -0.1) is 0 Å². The third kappa shape index (κ3) is 3.54. The lowest BCUT2D eigenvalue weighted by Crippen LogP contribution is -1.95. The summed E-state index contributed by atoms with van der Waals surface area (Å²) >= 11 is 0. The summed E-state index contributed by atoms with van der Waals surface area (Å²) in [5.41, 5.74) is 2.20. The second-order valence-corrected chi connectivity index (χ2v) is 4.31. The van der Waals surface area contributed by atoms with Crippen LogP contribution in [0.1, 0.15) is 33.3 Å². The van der Waals surface area contributed by atoms with Crippen molar-refractivity contribution >= 4 is 18.1 Å². The molecule has 20 heavy (non-hydrogen) atoms. The van der Waals surface area contributed by atoms with E-state index >= 15 is 0 Å². The van der Waals surface area contributed by atoms with Crippen molar-refractivity contribution in [2.75, 3.05) is 0 Å². The highest BCUT2D eigenvalue weighted by Gasteiger charge is 2.02. The van der Waals surface area contributed by atoms with Crippen LogP contribution in [0.15, 0.2) is 48.5 Å². The molecule has 2 aromatic rings. The fourth-order valence-corrected chi connectivity index (χ4v) is 1.79. The molecule has 0 unspecified atom stereocenters. The molecule has 0 radical (unpaired) electrons. The molecule has 0 bridgehead atoms. The van der Waals surface area contributed by atoms with Crippen LogP contribution in [0.5, 0.6) is 0 Å². The van der Waals surface area contributed by atoms with Crippen LogP contribution >= 0.6 is 0 Å². The summed E-state index contributed by atoms with van der Waals surface area (Å²) in [5, 5.41) is 27.1. The normalized spacial score (nSPS) is 11.2. The van der Waals surface area contributed by atoms with Gasteiger partial charge in [-0.1, -0.05) is 42.5 Å². The number of carboxylic acids is 1. The SMILES string of the molecule is O=C(O)c1cccc(C=Cc2cccc(C(O)O)c2)c1. The Bertz CT molecular complexity index is 644. The van der Waals surface area contributed by atoms with Gasteiger partial charge in [-0.05, 0) is 29.3 Å². The predicted octanol–water partition coefficient (Wildman–Crippen LogP) is 2.54. The first kappa shape index (κ1) is 14.0. The zero-order valence-corrected chi connectivity index (χ0v) is 10.6. The molecule has 0 saturated heterocycles. The molecule has 0 amide bonds. The molecule has 102 valence electrons. The minimum absolute atomic E-state index is 0.228. The van der Waals surface area contributed by atoms with E-state index in [1.54, 1.807) is 48.6 Å². The first-order valence-corrected chi connectivity index (χ1v) is 6.04. The summed E-state index contributed by atoms with van der Waals surface area (Å²) in [6, 6.07) is 13.4. The molecule has 0 saturated carbocycles. The van der Waals surface area contributed by atoms with Gasteiger partial charge < -0.3 is 15.3 Å². The first-order chi connectivity index (χ1) is 9.56. The summed E-state index contributed by atoms with van der Waals surface area (Å²) in [5.74, 6) is -0.967. The third-order valence-electron chi connectivity index (χ3n) is 2.81. The van der Waals surface area contributed by atoms with E-state index in [0.717, 1.165) is 11.1 Å². The third-order valence-corrected chi connectivity index (χ3v) is 2.81. The Morgan fingerprint density at radius 2 is 1.55 bits per heavy atom. The summed E-state index contributed by atoms with van der Waals surface area (Å²) in [7, 11) is 0. The predicted molar refractivity (Wildman–Crippen MR) is 75.9 cm³/mol. The Morgan fingerprint density at radius 1 is 0.950 bits per heavy atom. The molecule has 0 heterocycles. The average molecular weight is 270 g/mol. The minimum atomic E-state index is -1.50. The van der Waals surface area contributed by atoms with Crippen molar-refractivity contribution in [3.05, 3.63) is 70.8 Å². The molecule has 0 aromatic heterocycles. The Balaban J connectivity index is 2.23. The van der Waals surface area contributed by atoms with Gasteiger partial charge in [0.2, 0.25) is 0 Å². The van der Waals surface area contributed by atoms with Crippen molar-refractivity contribution in [1.29, 1.82) is 0 Å². The molecule has 0 aliphatic carbocycles. The van der Waals surface area contributed by atoms with E-state index in [1.807, 2.05) is 6.07 Å². The van der Waals surface area contributed by atoms with E-state index in [9.17, 15) is 4.79 Å². The van der Waals surface area contributed by atoms with E-state index in [0.29, 0.717) is 5.56 Å². The van der Waals surface area contributed by atoms with Gasteiger partial charge >= 0.3 is 5.97 Å². The van der Waals surface area contributed by atoms with Crippen molar-refractivity contribution < 1.29 is 20.1 Å². The molecule has 3 N–H and O–H groups in total. The van der Waals surface area contributed by atoms with Gasteiger partial charge in [-0.3, -0.25) is 0 Å². The number of aliphatic hydroxyl groups excluding tert-OH is 1. The molecule has 4 heteroatoms. The van der Waals surface area contributed by atoms with E-state index in [1.165, 1.54) is 6.07 Å². The van der Waals surface area contributed by atoms with Crippen molar-refractivity contribution in [3.63, 3.8) is 0 Å². The van der Waals surface area contributed by atoms with Gasteiger partial charge in [0, 0.05) is 5.56 Å². The molecule has 0 aliphatic rings. The number of carbonyl (C=O) groups is 1. The van der Waals surface area contributed by atoms with E-state index in [-0.39, 0.29) is 5.56 Å². The molecular formula is C16H14O4. The van der Waals surface area contributed by atoms with Gasteiger partial charge in [-0.25, -0.2) is 4.79 Å². The van der Waals surface area contributed by atoms with Crippen molar-refractivity contribution in [2.24, 2.45) is 0 Å². The first-order valence-electron chi connectivity index (χ1n) is 6.04. The zero-order valence-electron chi connectivity index (χ0n) is 10.6.